The highest BCUT2D eigenvalue weighted by atomic mass is 19.4. The number of benzene rings is 1. The Bertz CT molecular complexity index is 2110. The fourth-order valence-electron chi connectivity index (χ4n) is 9.67. The van der Waals surface area contributed by atoms with Gasteiger partial charge >= 0.3 is 24.0 Å². The topological polar surface area (TPSA) is 120 Å². The molecule has 0 radical (unpaired) electrons. The molecule has 0 saturated heterocycles. The summed E-state index contributed by atoms with van der Waals surface area (Å²) in [6.07, 6.45) is -4.90. The zero-order valence-corrected chi connectivity index (χ0v) is 27.5. The second-order valence-corrected chi connectivity index (χ2v) is 14.8. The fraction of sp³-hybridized carbons (Fsp3) is 0.559. The lowest BCUT2D eigenvalue weighted by atomic mass is 9.48. The van der Waals surface area contributed by atoms with Crippen molar-refractivity contribution in [2.24, 2.45) is 30.2 Å². The van der Waals surface area contributed by atoms with Crippen molar-refractivity contribution >= 4 is 28.9 Å². The number of hydrogen-bond acceptors (Lipinski definition) is 8. The molecule has 4 saturated carbocycles. The van der Waals surface area contributed by atoms with Gasteiger partial charge in [0.1, 0.15) is 5.75 Å². The molecule has 1 aromatic carbocycles. The van der Waals surface area contributed by atoms with Gasteiger partial charge in [-0.2, -0.15) is 31.3 Å². The number of esters is 1. The number of nitrogens with zero attached hydrogens (tertiary/aromatic N) is 5. The number of imidazole rings is 1. The van der Waals surface area contributed by atoms with E-state index in [2.05, 4.69) is 15.0 Å². The van der Waals surface area contributed by atoms with Crippen molar-refractivity contribution in [3.63, 3.8) is 0 Å². The minimum absolute atomic E-state index is 0.0569. The summed E-state index contributed by atoms with van der Waals surface area (Å²) in [5, 5.41) is 3.21. The molecule has 4 heterocycles. The Morgan fingerprint density at radius 3 is 2.27 bits per heavy atom. The monoisotopic (exact) mass is 720 g/mol. The van der Waals surface area contributed by atoms with Gasteiger partial charge in [0.05, 0.1) is 18.7 Å². The molecule has 51 heavy (non-hydrogen) atoms. The average Bonchev–Trinajstić information content (AvgIpc) is 3.76. The summed E-state index contributed by atoms with van der Waals surface area (Å²) in [7, 11) is 1.36. The number of nitrogens with one attached hydrogen (secondary N) is 1. The highest BCUT2D eigenvalue weighted by Gasteiger charge is 2.54. The standard InChI is InChI=1S/C34H34F6N6O5/c1-43-27-25(28(48)46(31(43)50)16-24(47)32-10-17-7-18(11-32)9-19(8-17)12-32)45(30(42-27)44-6-5-20-13-41-14-23(20)44)15-21-3-2-4-22(33(35,36)37)26(21)51-29(49)34(38,39)40/h2-4,17-19,41H,5-16H2,1H3. The van der Waals surface area contributed by atoms with Crippen molar-refractivity contribution in [2.75, 3.05) is 24.5 Å². The minimum atomic E-state index is -5.61. The average molecular weight is 721 g/mol. The van der Waals surface area contributed by atoms with E-state index >= 15 is 0 Å². The van der Waals surface area contributed by atoms with E-state index in [9.17, 15) is 45.5 Å². The maximum Gasteiger partial charge on any atom is 0.491 e. The zero-order chi connectivity index (χ0) is 36.2. The lowest BCUT2D eigenvalue weighted by Gasteiger charge is -2.56. The molecule has 272 valence electrons. The molecule has 0 atom stereocenters. The highest BCUT2D eigenvalue weighted by Crippen LogP contribution is 2.60. The molecule has 3 aromatic rings. The third-order valence-electron chi connectivity index (χ3n) is 11.5. The van der Waals surface area contributed by atoms with Gasteiger partial charge in [-0.3, -0.25) is 23.3 Å². The molecule has 0 spiro atoms. The van der Waals surface area contributed by atoms with Crippen molar-refractivity contribution in [3.8, 4) is 5.75 Å². The molecule has 0 unspecified atom stereocenters. The summed E-state index contributed by atoms with van der Waals surface area (Å²) < 4.78 is 89.9. The molecule has 0 amide bonds. The van der Waals surface area contributed by atoms with Crippen LogP contribution in [0.15, 0.2) is 39.1 Å². The normalized spacial score (nSPS) is 25.7. The van der Waals surface area contributed by atoms with Crippen molar-refractivity contribution in [3.05, 3.63) is 61.4 Å². The van der Waals surface area contributed by atoms with Crippen LogP contribution in [-0.4, -0.2) is 56.2 Å². The Hall–Kier alpha value is -4.41. The maximum atomic E-state index is 14.4. The van der Waals surface area contributed by atoms with Crippen LogP contribution in [0.4, 0.5) is 32.3 Å². The molecule has 17 heteroatoms. The number of hydrogen-bond donors (Lipinski definition) is 1. The molecule has 4 fully saturated rings. The van der Waals surface area contributed by atoms with Crippen LogP contribution in [0.1, 0.15) is 56.1 Å². The molecule has 2 aromatic heterocycles. The highest BCUT2D eigenvalue weighted by molar-refractivity contribution is 5.85. The smallest absolute Gasteiger partial charge is 0.419 e. The third kappa shape index (κ3) is 5.49. The van der Waals surface area contributed by atoms with E-state index in [0.29, 0.717) is 69.1 Å². The molecule has 9 rings (SSSR count). The van der Waals surface area contributed by atoms with Gasteiger partial charge in [0.2, 0.25) is 5.95 Å². The van der Waals surface area contributed by atoms with E-state index in [1.807, 2.05) is 0 Å². The first-order valence-electron chi connectivity index (χ1n) is 16.9. The SMILES string of the molecule is Cn1c(=O)n(CC(=O)C23CC4CC(CC(C4)C2)C3)c(=O)c2c1nc(N1CCC3=C1CNC3)n2Cc1cccc(C(F)(F)F)c1OC(=O)C(F)(F)F. The van der Waals surface area contributed by atoms with Gasteiger partial charge in [0, 0.05) is 43.4 Å². The first-order chi connectivity index (χ1) is 24.0. The number of para-hydroxylation sites is 1. The van der Waals surface area contributed by atoms with Crippen molar-refractivity contribution in [1.82, 2.24) is 24.0 Å². The van der Waals surface area contributed by atoms with Crippen molar-refractivity contribution in [1.29, 1.82) is 0 Å². The number of fused-ring (bicyclic) bond motifs is 1. The summed E-state index contributed by atoms with van der Waals surface area (Å²) in [6.45, 7) is 0.170. The van der Waals surface area contributed by atoms with E-state index in [-0.39, 0.29) is 22.9 Å². The van der Waals surface area contributed by atoms with Crippen LogP contribution in [0.3, 0.4) is 0 Å². The molecular formula is C34H34F6N6O5. The maximum absolute atomic E-state index is 14.4. The third-order valence-corrected chi connectivity index (χ3v) is 11.5. The Labute approximate surface area is 285 Å². The first-order valence-corrected chi connectivity index (χ1v) is 16.9. The first kappa shape index (κ1) is 33.7. The number of aromatic nitrogens is 4. The minimum Gasteiger partial charge on any atom is -0.419 e. The lowest BCUT2D eigenvalue weighted by Crippen LogP contribution is -2.52. The van der Waals surface area contributed by atoms with Gasteiger partial charge in [-0.05, 0) is 74.3 Å². The van der Waals surface area contributed by atoms with Gasteiger partial charge in [0.25, 0.3) is 5.56 Å². The second kappa shape index (κ2) is 11.5. The Morgan fingerprint density at radius 1 is 0.980 bits per heavy atom. The molecule has 4 aliphatic carbocycles. The van der Waals surface area contributed by atoms with Crippen molar-refractivity contribution in [2.45, 2.75) is 70.4 Å². The molecule has 2 aliphatic heterocycles. The number of anilines is 1. The van der Waals surface area contributed by atoms with Crippen molar-refractivity contribution < 1.29 is 40.7 Å². The van der Waals surface area contributed by atoms with Crippen LogP contribution in [-0.2, 0) is 35.9 Å². The number of carbonyl (C=O) groups excluding carboxylic acids is 2. The Balaban J connectivity index is 1.28. The number of ketones is 1. The summed E-state index contributed by atoms with van der Waals surface area (Å²) >= 11 is 0. The predicted octanol–water partition coefficient (Wildman–Crippen LogP) is 4.28. The van der Waals surface area contributed by atoms with E-state index in [0.717, 1.165) is 51.8 Å². The molecule has 4 bridgehead atoms. The van der Waals surface area contributed by atoms with E-state index in [4.69, 9.17) is 0 Å². The quantitative estimate of drug-likeness (QED) is 0.218. The molecule has 1 N–H and O–H groups in total. The number of alkyl halides is 6. The molecular weight excluding hydrogens is 686 g/mol. The Kier molecular flexibility index (Phi) is 7.64. The van der Waals surface area contributed by atoms with Crippen LogP contribution in [0.2, 0.25) is 0 Å². The summed E-state index contributed by atoms with van der Waals surface area (Å²) in [5.74, 6) is -3.11. The summed E-state index contributed by atoms with van der Waals surface area (Å²) in [5.41, 5.74) is -2.99. The number of rotatable bonds is 7. The summed E-state index contributed by atoms with van der Waals surface area (Å²) in [4.78, 5) is 60.6. The van der Waals surface area contributed by atoms with E-state index < -0.39 is 65.0 Å². The number of carbonyl (C=O) groups is 2. The van der Waals surface area contributed by atoms with Gasteiger partial charge < -0.3 is 15.0 Å². The van der Waals surface area contributed by atoms with Crippen LogP contribution in [0.25, 0.3) is 11.2 Å². The van der Waals surface area contributed by atoms with E-state index in [1.165, 1.54) is 11.6 Å². The lowest BCUT2D eigenvalue weighted by molar-refractivity contribution is -0.190. The largest absolute Gasteiger partial charge is 0.491 e. The Morgan fingerprint density at radius 2 is 1.65 bits per heavy atom. The van der Waals surface area contributed by atoms with Gasteiger partial charge in [0.15, 0.2) is 16.9 Å². The van der Waals surface area contributed by atoms with Crippen LogP contribution >= 0.6 is 0 Å². The summed E-state index contributed by atoms with van der Waals surface area (Å²) in [6, 6.07) is 2.51. The number of Topliss-reactive ketones (excluding diaryl/α,β-unsaturated/α-hetero) is 1. The van der Waals surface area contributed by atoms with Gasteiger partial charge in [-0.25, -0.2) is 9.59 Å². The number of aryl methyl sites for hydroxylation is 1. The number of halogens is 6. The van der Waals surface area contributed by atoms with Crippen LogP contribution < -0.4 is 26.2 Å². The van der Waals surface area contributed by atoms with Crippen LogP contribution in [0, 0.1) is 23.2 Å². The predicted molar refractivity (Wildman–Crippen MR) is 169 cm³/mol. The van der Waals surface area contributed by atoms with Crippen LogP contribution in [0.5, 0.6) is 5.75 Å². The number of ether oxygens (including phenoxy) is 1. The van der Waals surface area contributed by atoms with Gasteiger partial charge in [-0.15, -0.1) is 0 Å². The second-order valence-electron chi connectivity index (χ2n) is 14.8. The molecule has 11 nitrogen and oxygen atoms in total. The fourth-order valence-corrected chi connectivity index (χ4v) is 9.67. The van der Waals surface area contributed by atoms with E-state index in [1.54, 1.807) is 4.90 Å². The molecule has 6 aliphatic rings. The van der Waals surface area contributed by atoms with Gasteiger partial charge in [-0.1, -0.05) is 12.1 Å². The zero-order valence-electron chi connectivity index (χ0n) is 27.5.